The molecule has 13 heteroatoms. The van der Waals surface area contributed by atoms with Crippen LogP contribution in [0.5, 0.6) is 0 Å². The topological polar surface area (TPSA) is 172 Å². The summed E-state index contributed by atoms with van der Waals surface area (Å²) in [4.78, 5) is -0.556. The minimum absolute atomic E-state index is 0. The van der Waals surface area contributed by atoms with E-state index in [0.29, 0.717) is 0 Å². The van der Waals surface area contributed by atoms with Crippen LogP contribution in [0, 0.1) is 0 Å². The van der Waals surface area contributed by atoms with Gasteiger partial charge < -0.3 is 13.7 Å². The summed E-state index contributed by atoms with van der Waals surface area (Å²) in [5.41, 5.74) is 0. The second kappa shape index (κ2) is 13.0. The van der Waals surface area contributed by atoms with Crippen LogP contribution in [-0.2, 0) is 30.4 Å². The zero-order valence-electron chi connectivity index (χ0n) is 15.6. The van der Waals surface area contributed by atoms with Crippen LogP contribution < -0.4 is 0 Å². The Labute approximate surface area is 199 Å². The number of rotatable bonds is 3. The molecule has 0 radical (unpaired) electrons. The molecule has 0 saturated carbocycles. The molecule has 0 saturated heterocycles. The maximum atomic E-state index is 10.3. The van der Waals surface area contributed by atoms with Crippen molar-refractivity contribution in [3.63, 3.8) is 0 Å². The van der Waals surface area contributed by atoms with E-state index in [0.717, 1.165) is 0 Å². The second-order valence-electron chi connectivity index (χ2n) is 5.30. The first-order valence-corrected chi connectivity index (χ1v) is 12.1. The molecule has 3 aromatic rings. The molecule has 0 aliphatic heterocycles. The molecule has 31 heavy (non-hydrogen) atoms. The molecule has 0 amide bonds. The van der Waals surface area contributed by atoms with Gasteiger partial charge in [0.1, 0.15) is 30.4 Å². The van der Waals surface area contributed by atoms with Gasteiger partial charge in [0.2, 0.25) is 0 Å². The molecule has 0 aliphatic carbocycles. The van der Waals surface area contributed by atoms with E-state index in [2.05, 4.69) is 0 Å². The predicted octanol–water partition coefficient (Wildman–Crippen LogP) is 1.39. The Morgan fingerprint density at radius 3 is 0.645 bits per heavy atom. The molecule has 0 aliphatic rings. The van der Waals surface area contributed by atoms with Crippen molar-refractivity contribution in [2.75, 3.05) is 0 Å². The van der Waals surface area contributed by atoms with E-state index in [-0.39, 0.29) is 40.5 Å². The number of hydrogen-bond acceptors (Lipinski definition) is 9. The van der Waals surface area contributed by atoms with Gasteiger partial charge in [-0.05, 0) is 36.4 Å². The van der Waals surface area contributed by atoms with Crippen LogP contribution in [0.3, 0.4) is 0 Å². The van der Waals surface area contributed by atoms with Crippen LogP contribution >= 0.6 is 0 Å². The van der Waals surface area contributed by atoms with Gasteiger partial charge in [0.25, 0.3) is 0 Å². The van der Waals surface area contributed by atoms with Crippen molar-refractivity contribution >= 4 is 56.2 Å². The van der Waals surface area contributed by atoms with Crippen LogP contribution in [0.4, 0.5) is 0 Å². The van der Waals surface area contributed by atoms with Crippen LogP contribution in [0.2, 0.25) is 0 Å². The third-order valence-corrected chi connectivity index (χ3v) is 5.64. The summed E-state index contributed by atoms with van der Waals surface area (Å²) in [7, 11) is -12.8. The Morgan fingerprint density at radius 1 is 0.387 bits per heavy atom. The quantitative estimate of drug-likeness (QED) is 0.411. The summed E-state index contributed by atoms with van der Waals surface area (Å²) in [6, 6.07) is 21.6. The fourth-order valence-electron chi connectivity index (χ4n) is 1.76. The van der Waals surface area contributed by atoms with Crippen molar-refractivity contribution in [1.82, 2.24) is 0 Å². The summed E-state index contributed by atoms with van der Waals surface area (Å²) < 4.78 is 92.5. The largest absolute Gasteiger partial charge is 3.00 e. The molecular formula is C18H15InO9S3. The molecule has 0 heterocycles. The zero-order chi connectivity index (χ0) is 22.8. The number of benzene rings is 3. The first-order valence-electron chi connectivity index (χ1n) is 7.84. The SMILES string of the molecule is O=S(=O)([O-])c1ccccc1.O=S(=O)([O-])c1ccccc1.O=S(=O)([O-])c1ccccc1.[In+3]. The minimum Gasteiger partial charge on any atom is -0.744 e. The average Bonchev–Trinajstić information content (AvgIpc) is 2.69. The minimum atomic E-state index is -4.25. The van der Waals surface area contributed by atoms with Crippen molar-refractivity contribution < 1.29 is 38.9 Å². The summed E-state index contributed by atoms with van der Waals surface area (Å²) >= 11 is 0. The van der Waals surface area contributed by atoms with E-state index in [1.807, 2.05) is 0 Å². The van der Waals surface area contributed by atoms with Crippen molar-refractivity contribution in [3.8, 4) is 0 Å². The molecular weight excluding hydrogens is 571 g/mol. The molecule has 0 bridgehead atoms. The van der Waals surface area contributed by atoms with Gasteiger partial charge in [-0.1, -0.05) is 54.6 Å². The summed E-state index contributed by atoms with van der Waals surface area (Å²) in [6.07, 6.45) is 0. The van der Waals surface area contributed by atoms with Crippen LogP contribution in [0.15, 0.2) is 106 Å². The molecule has 0 atom stereocenters. The number of hydrogen-bond donors (Lipinski definition) is 0. The first kappa shape index (κ1) is 29.3. The fraction of sp³-hybridized carbons (Fsp3) is 0. The summed E-state index contributed by atoms with van der Waals surface area (Å²) in [5.74, 6) is 0. The molecule has 3 rings (SSSR count). The Morgan fingerprint density at radius 2 is 0.548 bits per heavy atom. The Kier molecular flexibility index (Phi) is 12.2. The van der Waals surface area contributed by atoms with Gasteiger partial charge in [-0.15, -0.1) is 0 Å². The van der Waals surface area contributed by atoms with Gasteiger partial charge >= 0.3 is 25.8 Å². The Balaban J connectivity index is 0.000000429. The molecule has 162 valence electrons. The van der Waals surface area contributed by atoms with Crippen molar-refractivity contribution in [2.45, 2.75) is 14.7 Å². The van der Waals surface area contributed by atoms with Gasteiger partial charge in [0.15, 0.2) is 0 Å². The van der Waals surface area contributed by atoms with Gasteiger partial charge in [-0.25, -0.2) is 25.3 Å². The second-order valence-corrected chi connectivity index (χ2v) is 9.44. The van der Waals surface area contributed by atoms with Gasteiger partial charge in [-0.2, -0.15) is 0 Å². The van der Waals surface area contributed by atoms with E-state index in [4.69, 9.17) is 0 Å². The molecule has 9 nitrogen and oxygen atoms in total. The molecule has 0 spiro atoms. The van der Waals surface area contributed by atoms with Gasteiger partial charge in [-0.3, -0.25) is 0 Å². The average molecular weight is 586 g/mol. The smallest absolute Gasteiger partial charge is 0.744 e. The third-order valence-electron chi connectivity index (χ3n) is 3.10. The van der Waals surface area contributed by atoms with E-state index >= 15 is 0 Å². The third kappa shape index (κ3) is 12.0. The standard InChI is InChI=1S/3C6H6O3S.In/c3*7-10(8,9)6-4-2-1-3-5-6;/h3*1-5H,(H,7,8,9);/q;;;+3/p-3. The summed E-state index contributed by atoms with van der Waals surface area (Å²) in [5, 5.41) is 0. The molecule has 0 unspecified atom stereocenters. The van der Waals surface area contributed by atoms with Crippen molar-refractivity contribution in [2.24, 2.45) is 0 Å². The fourth-order valence-corrected chi connectivity index (χ4v) is 3.23. The van der Waals surface area contributed by atoms with E-state index in [1.54, 1.807) is 18.2 Å². The normalized spacial score (nSPS) is 10.9. The van der Waals surface area contributed by atoms with E-state index in [1.165, 1.54) is 72.8 Å². The predicted molar refractivity (Wildman–Crippen MR) is 109 cm³/mol. The van der Waals surface area contributed by atoms with Crippen LogP contribution in [0.25, 0.3) is 0 Å². The van der Waals surface area contributed by atoms with E-state index in [9.17, 15) is 38.9 Å². The van der Waals surface area contributed by atoms with Crippen molar-refractivity contribution in [1.29, 1.82) is 0 Å². The van der Waals surface area contributed by atoms with Crippen LogP contribution in [0.1, 0.15) is 0 Å². The Bertz CT molecular complexity index is 1070. The van der Waals surface area contributed by atoms with Crippen LogP contribution in [-0.4, -0.2) is 64.8 Å². The molecule has 0 N–H and O–H groups in total. The zero-order valence-corrected chi connectivity index (χ0v) is 21.4. The molecule has 0 fully saturated rings. The molecule has 0 aromatic heterocycles. The maximum absolute atomic E-state index is 10.3. The van der Waals surface area contributed by atoms with Gasteiger partial charge in [0.05, 0.1) is 14.7 Å². The van der Waals surface area contributed by atoms with E-state index < -0.39 is 30.4 Å². The Hall–Kier alpha value is -1.74. The first-order chi connectivity index (χ1) is 13.8. The van der Waals surface area contributed by atoms with Crippen molar-refractivity contribution in [3.05, 3.63) is 91.0 Å². The van der Waals surface area contributed by atoms with Gasteiger partial charge in [0, 0.05) is 0 Å². The summed E-state index contributed by atoms with van der Waals surface area (Å²) in [6.45, 7) is 0. The maximum Gasteiger partial charge on any atom is 3.00 e. The monoisotopic (exact) mass is 586 g/mol. The molecule has 3 aromatic carbocycles.